The van der Waals surface area contributed by atoms with Crippen molar-refractivity contribution < 1.29 is 19.0 Å². The lowest BCUT2D eigenvalue weighted by molar-refractivity contribution is 0.102. The Bertz CT molecular complexity index is 680. The molecule has 23 heavy (non-hydrogen) atoms. The van der Waals surface area contributed by atoms with E-state index in [4.69, 9.17) is 14.2 Å². The van der Waals surface area contributed by atoms with Gasteiger partial charge in [0.1, 0.15) is 23.9 Å². The van der Waals surface area contributed by atoms with Crippen molar-refractivity contribution in [2.24, 2.45) is 0 Å². The van der Waals surface area contributed by atoms with Crippen LogP contribution in [-0.4, -0.2) is 26.7 Å². The zero-order chi connectivity index (χ0) is 16.7. The molecule has 0 aliphatic rings. The Morgan fingerprint density at radius 3 is 2.39 bits per heavy atom. The fourth-order valence-corrected chi connectivity index (χ4v) is 1.95. The largest absolute Gasteiger partial charge is 0.497 e. The van der Waals surface area contributed by atoms with Crippen molar-refractivity contribution in [2.75, 3.05) is 26.1 Å². The summed E-state index contributed by atoms with van der Waals surface area (Å²) in [5, 5.41) is 2.82. The van der Waals surface area contributed by atoms with Gasteiger partial charge in [-0.05, 0) is 36.4 Å². The number of amides is 1. The topological polar surface area (TPSA) is 56.8 Å². The lowest BCUT2D eigenvalue weighted by Gasteiger charge is -2.12. The zero-order valence-electron chi connectivity index (χ0n) is 13.2. The third-order valence-corrected chi connectivity index (χ3v) is 3.14. The van der Waals surface area contributed by atoms with Crippen molar-refractivity contribution in [3.05, 3.63) is 60.7 Å². The van der Waals surface area contributed by atoms with Crippen molar-refractivity contribution in [1.29, 1.82) is 0 Å². The van der Waals surface area contributed by atoms with Gasteiger partial charge in [0.2, 0.25) is 0 Å². The molecule has 0 fully saturated rings. The fourth-order valence-electron chi connectivity index (χ4n) is 1.95. The molecule has 0 aliphatic carbocycles. The summed E-state index contributed by atoms with van der Waals surface area (Å²) in [6.45, 7) is 4.01. The van der Waals surface area contributed by atoms with Gasteiger partial charge in [0.15, 0.2) is 0 Å². The van der Waals surface area contributed by atoms with Crippen molar-refractivity contribution in [3.63, 3.8) is 0 Å². The Morgan fingerprint density at radius 2 is 1.78 bits per heavy atom. The maximum Gasteiger partial charge on any atom is 0.255 e. The molecular weight excluding hydrogens is 294 g/mol. The summed E-state index contributed by atoms with van der Waals surface area (Å²) in [5.74, 6) is 1.64. The highest BCUT2D eigenvalue weighted by Crippen LogP contribution is 2.29. The van der Waals surface area contributed by atoms with Crippen LogP contribution in [0.1, 0.15) is 10.4 Å². The van der Waals surface area contributed by atoms with Crippen LogP contribution in [0.15, 0.2) is 55.1 Å². The van der Waals surface area contributed by atoms with Crippen LogP contribution in [0.4, 0.5) is 5.69 Å². The molecule has 0 saturated carbocycles. The highest BCUT2D eigenvalue weighted by molar-refractivity contribution is 6.05. The molecule has 5 heteroatoms. The monoisotopic (exact) mass is 313 g/mol. The first-order valence-corrected chi connectivity index (χ1v) is 7.05. The molecule has 1 amide bonds. The van der Waals surface area contributed by atoms with Crippen LogP contribution in [0.3, 0.4) is 0 Å². The van der Waals surface area contributed by atoms with Crippen molar-refractivity contribution in [3.8, 4) is 17.2 Å². The number of benzene rings is 2. The van der Waals surface area contributed by atoms with E-state index in [2.05, 4.69) is 11.9 Å². The van der Waals surface area contributed by atoms with Gasteiger partial charge in [0.25, 0.3) is 5.91 Å². The van der Waals surface area contributed by atoms with Crippen molar-refractivity contribution >= 4 is 11.6 Å². The normalized spacial score (nSPS) is 9.83. The fraction of sp³-hybridized carbons (Fsp3) is 0.167. The Hall–Kier alpha value is -2.95. The number of methoxy groups -OCH3 is 2. The number of hydrogen-bond acceptors (Lipinski definition) is 4. The molecule has 0 heterocycles. The summed E-state index contributed by atoms with van der Waals surface area (Å²) in [6.07, 6.45) is 1.66. The summed E-state index contributed by atoms with van der Waals surface area (Å²) in [5.41, 5.74) is 1.10. The molecule has 0 saturated heterocycles. The van der Waals surface area contributed by atoms with E-state index in [9.17, 15) is 4.79 Å². The van der Waals surface area contributed by atoms with E-state index in [1.54, 1.807) is 55.7 Å². The second-order valence-corrected chi connectivity index (χ2v) is 4.64. The summed E-state index contributed by atoms with van der Waals surface area (Å²) < 4.78 is 15.8. The van der Waals surface area contributed by atoms with E-state index in [0.717, 1.165) is 0 Å². The molecule has 5 nitrogen and oxygen atoms in total. The first-order valence-electron chi connectivity index (χ1n) is 7.05. The zero-order valence-corrected chi connectivity index (χ0v) is 13.2. The van der Waals surface area contributed by atoms with Crippen LogP contribution >= 0.6 is 0 Å². The molecule has 0 aromatic heterocycles. The van der Waals surface area contributed by atoms with Gasteiger partial charge in [-0.25, -0.2) is 0 Å². The van der Waals surface area contributed by atoms with E-state index in [1.807, 2.05) is 0 Å². The summed E-state index contributed by atoms with van der Waals surface area (Å²) >= 11 is 0. The SMILES string of the molecule is C=CCOc1ccc(C(=O)Nc2ccc(OC)cc2OC)cc1. The Labute approximate surface area is 135 Å². The molecule has 2 rings (SSSR count). The van der Waals surface area contributed by atoms with Gasteiger partial charge in [-0.2, -0.15) is 0 Å². The van der Waals surface area contributed by atoms with E-state index >= 15 is 0 Å². The lowest BCUT2D eigenvalue weighted by Crippen LogP contribution is -2.12. The van der Waals surface area contributed by atoms with Crippen LogP contribution < -0.4 is 19.5 Å². The quantitative estimate of drug-likeness (QED) is 0.795. The molecule has 120 valence electrons. The number of nitrogens with one attached hydrogen (secondary N) is 1. The highest BCUT2D eigenvalue weighted by Gasteiger charge is 2.11. The number of ether oxygens (including phenoxy) is 3. The second kappa shape index (κ2) is 7.89. The molecular formula is C18H19NO4. The van der Waals surface area contributed by atoms with Crippen LogP contribution in [0.25, 0.3) is 0 Å². The number of carbonyl (C=O) groups excluding carboxylic acids is 1. The van der Waals surface area contributed by atoms with Crippen LogP contribution in [-0.2, 0) is 0 Å². The highest BCUT2D eigenvalue weighted by atomic mass is 16.5. The number of rotatable bonds is 7. The third kappa shape index (κ3) is 4.26. The molecule has 1 N–H and O–H groups in total. The van der Waals surface area contributed by atoms with Crippen LogP contribution in [0.2, 0.25) is 0 Å². The summed E-state index contributed by atoms with van der Waals surface area (Å²) in [4.78, 5) is 12.3. The minimum absolute atomic E-state index is 0.233. The Kier molecular flexibility index (Phi) is 5.63. The van der Waals surface area contributed by atoms with Crippen LogP contribution in [0, 0.1) is 0 Å². The molecule has 2 aromatic carbocycles. The van der Waals surface area contributed by atoms with E-state index in [0.29, 0.717) is 35.1 Å². The van der Waals surface area contributed by atoms with Gasteiger partial charge >= 0.3 is 0 Å². The van der Waals surface area contributed by atoms with Gasteiger partial charge in [0.05, 0.1) is 19.9 Å². The summed E-state index contributed by atoms with van der Waals surface area (Å²) in [7, 11) is 3.11. The number of carbonyl (C=O) groups is 1. The predicted molar refractivity (Wildman–Crippen MR) is 89.6 cm³/mol. The predicted octanol–water partition coefficient (Wildman–Crippen LogP) is 3.52. The average molecular weight is 313 g/mol. The van der Waals surface area contributed by atoms with Gasteiger partial charge in [-0.1, -0.05) is 12.7 Å². The average Bonchev–Trinajstić information content (AvgIpc) is 2.60. The third-order valence-electron chi connectivity index (χ3n) is 3.14. The maximum absolute atomic E-state index is 12.3. The van der Waals surface area contributed by atoms with Crippen molar-refractivity contribution in [1.82, 2.24) is 0 Å². The first kappa shape index (κ1) is 16.4. The van der Waals surface area contributed by atoms with Gasteiger partial charge in [0, 0.05) is 11.6 Å². The van der Waals surface area contributed by atoms with Crippen molar-refractivity contribution in [2.45, 2.75) is 0 Å². The van der Waals surface area contributed by atoms with Gasteiger partial charge in [-0.15, -0.1) is 0 Å². The lowest BCUT2D eigenvalue weighted by atomic mass is 10.2. The second-order valence-electron chi connectivity index (χ2n) is 4.64. The van der Waals surface area contributed by atoms with E-state index in [1.165, 1.54) is 7.11 Å². The molecule has 2 aromatic rings. The van der Waals surface area contributed by atoms with E-state index in [-0.39, 0.29) is 5.91 Å². The smallest absolute Gasteiger partial charge is 0.255 e. The van der Waals surface area contributed by atoms with Gasteiger partial charge in [-0.3, -0.25) is 4.79 Å². The summed E-state index contributed by atoms with van der Waals surface area (Å²) in [6, 6.07) is 12.1. The molecule has 0 unspecified atom stereocenters. The Balaban J connectivity index is 2.11. The molecule has 0 radical (unpaired) electrons. The Morgan fingerprint density at radius 1 is 1.09 bits per heavy atom. The van der Waals surface area contributed by atoms with Gasteiger partial charge < -0.3 is 19.5 Å². The number of hydrogen-bond donors (Lipinski definition) is 1. The standard InChI is InChI=1S/C18H19NO4/c1-4-11-23-14-7-5-13(6-8-14)18(20)19-16-10-9-15(21-2)12-17(16)22-3/h4-10,12H,1,11H2,2-3H3,(H,19,20). The first-order chi connectivity index (χ1) is 11.2. The molecule has 0 aliphatic heterocycles. The minimum Gasteiger partial charge on any atom is -0.497 e. The molecule has 0 spiro atoms. The molecule has 0 atom stereocenters. The maximum atomic E-state index is 12.3. The minimum atomic E-state index is -0.233. The molecule has 0 bridgehead atoms. The number of anilines is 1. The van der Waals surface area contributed by atoms with Crippen LogP contribution in [0.5, 0.6) is 17.2 Å². The van der Waals surface area contributed by atoms with E-state index < -0.39 is 0 Å².